The van der Waals surface area contributed by atoms with Crippen molar-refractivity contribution in [2.75, 3.05) is 25.0 Å². The summed E-state index contributed by atoms with van der Waals surface area (Å²) in [5.74, 6) is 0. The molecule has 5 nitrogen and oxygen atoms in total. The summed E-state index contributed by atoms with van der Waals surface area (Å²) in [5, 5.41) is 3.24. The summed E-state index contributed by atoms with van der Waals surface area (Å²) >= 11 is 0. The molecule has 0 spiro atoms. The van der Waals surface area contributed by atoms with E-state index in [2.05, 4.69) is 12.2 Å². The monoisotopic (exact) mass is 312 g/mol. The molecule has 1 aromatic carbocycles. The minimum atomic E-state index is -3.46. The van der Waals surface area contributed by atoms with E-state index in [9.17, 15) is 8.42 Å². The van der Waals surface area contributed by atoms with Crippen molar-refractivity contribution >= 4 is 15.7 Å². The first-order valence-corrected chi connectivity index (χ1v) is 8.86. The fourth-order valence-electron chi connectivity index (χ4n) is 2.36. The summed E-state index contributed by atoms with van der Waals surface area (Å²) in [6.45, 7) is 7.58. The molecule has 2 unspecified atom stereocenters. The van der Waals surface area contributed by atoms with Crippen molar-refractivity contribution in [2.24, 2.45) is 0 Å². The maximum atomic E-state index is 12.7. The number of hydrogen-bond donors (Lipinski definition) is 1. The molecule has 118 valence electrons. The van der Waals surface area contributed by atoms with Gasteiger partial charge in [0.2, 0.25) is 10.0 Å². The van der Waals surface area contributed by atoms with Gasteiger partial charge >= 0.3 is 0 Å². The lowest BCUT2D eigenvalue weighted by atomic mass is 10.2. The molecule has 0 bridgehead atoms. The van der Waals surface area contributed by atoms with E-state index in [-0.39, 0.29) is 12.1 Å². The van der Waals surface area contributed by atoms with Crippen LogP contribution in [0.1, 0.15) is 27.2 Å². The van der Waals surface area contributed by atoms with Crippen molar-refractivity contribution in [3.63, 3.8) is 0 Å². The Balaban J connectivity index is 2.18. The van der Waals surface area contributed by atoms with Crippen LogP contribution in [-0.2, 0) is 14.8 Å². The third-order valence-electron chi connectivity index (χ3n) is 3.59. The summed E-state index contributed by atoms with van der Waals surface area (Å²) in [7, 11) is -3.46. The van der Waals surface area contributed by atoms with Crippen LogP contribution >= 0.6 is 0 Å². The first-order valence-electron chi connectivity index (χ1n) is 7.42. The van der Waals surface area contributed by atoms with Crippen LogP contribution in [0.15, 0.2) is 29.2 Å². The van der Waals surface area contributed by atoms with Gasteiger partial charge in [-0.25, -0.2) is 8.42 Å². The van der Waals surface area contributed by atoms with Crippen LogP contribution in [0.25, 0.3) is 0 Å². The average Bonchev–Trinajstić information content (AvgIpc) is 2.48. The standard InChI is InChI=1S/C15H24N2O3S/c1-4-9-16-14-5-7-15(8-6-14)21(18,19)17-10-13(3)20-11-12(17)2/h5-8,12-13,16H,4,9-11H2,1-3H3. The Bertz CT molecular complexity index is 557. The lowest BCUT2D eigenvalue weighted by Crippen LogP contribution is -2.50. The highest BCUT2D eigenvalue weighted by Crippen LogP contribution is 2.23. The normalized spacial score (nSPS) is 24.0. The molecule has 0 aromatic heterocycles. The molecular weight excluding hydrogens is 288 g/mol. The van der Waals surface area contributed by atoms with Crippen molar-refractivity contribution in [2.45, 2.75) is 44.2 Å². The Hall–Kier alpha value is -1.11. The van der Waals surface area contributed by atoms with E-state index < -0.39 is 10.0 Å². The predicted molar refractivity (Wildman–Crippen MR) is 84.0 cm³/mol. The van der Waals surface area contributed by atoms with Gasteiger partial charge in [0, 0.05) is 24.8 Å². The Morgan fingerprint density at radius 3 is 2.57 bits per heavy atom. The SMILES string of the molecule is CCCNc1ccc(S(=O)(=O)N2CC(C)OCC2C)cc1. The molecule has 1 aliphatic rings. The maximum absolute atomic E-state index is 12.7. The molecule has 1 fully saturated rings. The highest BCUT2D eigenvalue weighted by molar-refractivity contribution is 7.89. The second kappa shape index (κ2) is 6.77. The van der Waals surface area contributed by atoms with Crippen LogP contribution in [0.2, 0.25) is 0 Å². The molecule has 21 heavy (non-hydrogen) atoms. The molecule has 0 aliphatic carbocycles. The number of morpholine rings is 1. The number of nitrogens with one attached hydrogen (secondary N) is 1. The van der Waals surface area contributed by atoms with E-state index in [1.165, 1.54) is 4.31 Å². The lowest BCUT2D eigenvalue weighted by molar-refractivity contribution is -0.0170. The van der Waals surface area contributed by atoms with Gasteiger partial charge in [-0.1, -0.05) is 6.92 Å². The number of anilines is 1. The van der Waals surface area contributed by atoms with Gasteiger partial charge in [0.1, 0.15) is 0 Å². The molecule has 1 heterocycles. The fraction of sp³-hybridized carbons (Fsp3) is 0.600. The molecule has 1 aromatic rings. The molecule has 0 radical (unpaired) electrons. The van der Waals surface area contributed by atoms with Gasteiger partial charge in [0.25, 0.3) is 0 Å². The van der Waals surface area contributed by atoms with E-state index in [1.807, 2.05) is 26.0 Å². The Morgan fingerprint density at radius 2 is 1.95 bits per heavy atom. The molecular formula is C15H24N2O3S. The van der Waals surface area contributed by atoms with Crippen molar-refractivity contribution in [3.05, 3.63) is 24.3 Å². The van der Waals surface area contributed by atoms with Crippen molar-refractivity contribution in [1.82, 2.24) is 4.31 Å². The number of nitrogens with zero attached hydrogens (tertiary/aromatic N) is 1. The molecule has 1 aliphatic heterocycles. The summed E-state index contributed by atoms with van der Waals surface area (Å²) in [4.78, 5) is 0.338. The zero-order chi connectivity index (χ0) is 15.5. The maximum Gasteiger partial charge on any atom is 0.243 e. The number of sulfonamides is 1. The third kappa shape index (κ3) is 3.75. The molecule has 6 heteroatoms. The number of benzene rings is 1. The van der Waals surface area contributed by atoms with Crippen LogP contribution < -0.4 is 5.32 Å². The van der Waals surface area contributed by atoms with Crippen LogP contribution in [-0.4, -0.2) is 44.6 Å². The zero-order valence-corrected chi connectivity index (χ0v) is 13.7. The third-order valence-corrected chi connectivity index (χ3v) is 5.58. The first-order chi connectivity index (χ1) is 9.95. The smallest absolute Gasteiger partial charge is 0.243 e. The van der Waals surface area contributed by atoms with Gasteiger partial charge in [-0.3, -0.25) is 0 Å². The molecule has 0 amide bonds. The molecule has 1 saturated heterocycles. The molecule has 0 saturated carbocycles. The Labute approximate surface area is 127 Å². The van der Waals surface area contributed by atoms with Gasteiger partial charge in [0.05, 0.1) is 17.6 Å². The van der Waals surface area contributed by atoms with Crippen LogP contribution in [0.4, 0.5) is 5.69 Å². The fourth-order valence-corrected chi connectivity index (χ4v) is 4.05. The zero-order valence-electron chi connectivity index (χ0n) is 12.9. The second-order valence-electron chi connectivity index (χ2n) is 5.52. The summed E-state index contributed by atoms with van der Waals surface area (Å²) in [6.07, 6.45) is 0.963. The van der Waals surface area contributed by atoms with Crippen LogP contribution in [0.5, 0.6) is 0 Å². The largest absolute Gasteiger partial charge is 0.385 e. The lowest BCUT2D eigenvalue weighted by Gasteiger charge is -2.35. The quantitative estimate of drug-likeness (QED) is 0.906. The van der Waals surface area contributed by atoms with Gasteiger partial charge in [-0.2, -0.15) is 4.31 Å². The van der Waals surface area contributed by atoms with Crippen molar-refractivity contribution in [3.8, 4) is 0 Å². The van der Waals surface area contributed by atoms with Gasteiger partial charge < -0.3 is 10.1 Å². The van der Waals surface area contributed by atoms with E-state index in [1.54, 1.807) is 12.1 Å². The van der Waals surface area contributed by atoms with Gasteiger partial charge in [-0.15, -0.1) is 0 Å². The van der Waals surface area contributed by atoms with Gasteiger partial charge in [0.15, 0.2) is 0 Å². The first kappa shape index (κ1) is 16.3. The molecule has 2 rings (SSSR count). The highest BCUT2D eigenvalue weighted by atomic mass is 32.2. The number of hydrogen-bond acceptors (Lipinski definition) is 4. The van der Waals surface area contributed by atoms with E-state index in [4.69, 9.17) is 4.74 Å². The summed E-state index contributed by atoms with van der Waals surface area (Å²) < 4.78 is 32.5. The molecule has 2 atom stereocenters. The van der Waals surface area contributed by atoms with Gasteiger partial charge in [-0.05, 0) is 44.5 Å². The van der Waals surface area contributed by atoms with Crippen molar-refractivity contribution in [1.29, 1.82) is 0 Å². The minimum Gasteiger partial charge on any atom is -0.385 e. The van der Waals surface area contributed by atoms with E-state index in [0.717, 1.165) is 18.7 Å². The second-order valence-corrected chi connectivity index (χ2v) is 7.41. The highest BCUT2D eigenvalue weighted by Gasteiger charge is 2.33. The van der Waals surface area contributed by atoms with Crippen LogP contribution in [0.3, 0.4) is 0 Å². The molecule has 1 N–H and O–H groups in total. The summed E-state index contributed by atoms with van der Waals surface area (Å²) in [5.41, 5.74) is 0.944. The average molecular weight is 312 g/mol. The van der Waals surface area contributed by atoms with Crippen molar-refractivity contribution < 1.29 is 13.2 Å². The Kier molecular flexibility index (Phi) is 5.24. The summed E-state index contributed by atoms with van der Waals surface area (Å²) in [6, 6.07) is 6.83. The number of rotatable bonds is 5. The van der Waals surface area contributed by atoms with E-state index in [0.29, 0.717) is 18.0 Å². The number of ether oxygens (including phenoxy) is 1. The predicted octanol–water partition coefficient (Wildman–Crippen LogP) is 2.31. The van der Waals surface area contributed by atoms with E-state index >= 15 is 0 Å². The topological polar surface area (TPSA) is 58.6 Å². The van der Waals surface area contributed by atoms with Crippen LogP contribution in [0, 0.1) is 0 Å². The Morgan fingerprint density at radius 1 is 1.29 bits per heavy atom. The minimum absolute atomic E-state index is 0.0681.